The molecule has 2 N–H and O–H groups in total. The van der Waals surface area contributed by atoms with Gasteiger partial charge in [0, 0.05) is 18.2 Å². The smallest absolute Gasteiger partial charge is 0.254 e. The molecule has 1 amide bonds. The second-order valence-corrected chi connectivity index (χ2v) is 5.79. The summed E-state index contributed by atoms with van der Waals surface area (Å²) in [7, 11) is 0. The summed E-state index contributed by atoms with van der Waals surface area (Å²) >= 11 is 0. The van der Waals surface area contributed by atoms with E-state index in [1.165, 1.54) is 5.39 Å². The summed E-state index contributed by atoms with van der Waals surface area (Å²) in [6.45, 7) is 1.58. The molecule has 1 aliphatic heterocycles. The number of amides is 1. The first-order chi connectivity index (χ1) is 10.3. The monoisotopic (exact) mass is 282 g/mol. The van der Waals surface area contributed by atoms with Gasteiger partial charge in [0.15, 0.2) is 0 Å². The van der Waals surface area contributed by atoms with Gasteiger partial charge in [0.05, 0.1) is 0 Å². The van der Waals surface area contributed by atoms with Gasteiger partial charge in [-0.15, -0.1) is 0 Å². The Morgan fingerprint density at radius 3 is 2.81 bits per heavy atom. The highest BCUT2D eigenvalue weighted by molar-refractivity contribution is 5.98. The van der Waals surface area contributed by atoms with Crippen molar-refractivity contribution in [3.05, 3.63) is 48.0 Å². The number of carbonyl (C=O) groups excluding carboxylic acids is 1. The maximum Gasteiger partial charge on any atom is 0.254 e. The lowest BCUT2D eigenvalue weighted by molar-refractivity contribution is 0.0729. The fourth-order valence-corrected chi connectivity index (χ4v) is 3.24. The number of benzene rings is 2. The molecule has 0 aliphatic carbocycles. The van der Waals surface area contributed by atoms with E-state index in [1.807, 2.05) is 35.2 Å². The molecule has 1 fully saturated rings. The summed E-state index contributed by atoms with van der Waals surface area (Å²) in [5.41, 5.74) is 6.40. The zero-order chi connectivity index (χ0) is 14.7. The minimum Gasteiger partial charge on any atom is -0.336 e. The normalized spacial score (nSPS) is 18.3. The van der Waals surface area contributed by atoms with Gasteiger partial charge >= 0.3 is 0 Å². The van der Waals surface area contributed by atoms with Crippen molar-refractivity contribution < 1.29 is 4.79 Å². The highest BCUT2D eigenvalue weighted by atomic mass is 16.2. The first kappa shape index (κ1) is 14.1. The lowest BCUT2D eigenvalue weighted by Gasteiger charge is -2.25. The lowest BCUT2D eigenvalue weighted by Crippen LogP contribution is -2.35. The molecule has 1 heterocycles. The number of likely N-dealkylation sites (tertiary alicyclic amines) is 1. The molecule has 0 radical (unpaired) electrons. The molecule has 1 atom stereocenters. The molecular weight excluding hydrogens is 260 g/mol. The Balaban J connectivity index is 1.82. The van der Waals surface area contributed by atoms with Crippen molar-refractivity contribution >= 4 is 16.7 Å². The predicted octanol–water partition coefficient (Wildman–Crippen LogP) is 3.18. The minimum atomic E-state index is 0.167. The molecule has 3 heteroatoms. The van der Waals surface area contributed by atoms with Crippen LogP contribution in [0.25, 0.3) is 10.8 Å². The van der Waals surface area contributed by atoms with Crippen molar-refractivity contribution in [2.45, 2.75) is 31.7 Å². The number of nitrogens with zero attached hydrogens (tertiary/aromatic N) is 1. The Morgan fingerprint density at radius 2 is 2.00 bits per heavy atom. The summed E-state index contributed by atoms with van der Waals surface area (Å²) < 4.78 is 0. The Morgan fingerprint density at radius 1 is 1.19 bits per heavy atom. The molecule has 21 heavy (non-hydrogen) atoms. The quantitative estimate of drug-likeness (QED) is 0.936. The Bertz CT molecular complexity index is 638. The Kier molecular flexibility index (Phi) is 4.20. The number of nitrogens with two attached hydrogens (primary N) is 1. The lowest BCUT2D eigenvalue weighted by atomic mass is 10.0. The third-order valence-electron chi connectivity index (χ3n) is 4.38. The Labute approximate surface area is 125 Å². The van der Waals surface area contributed by atoms with Crippen LogP contribution in [0.2, 0.25) is 0 Å². The third kappa shape index (κ3) is 2.93. The van der Waals surface area contributed by atoms with Gasteiger partial charge in [0.1, 0.15) is 0 Å². The van der Waals surface area contributed by atoms with Gasteiger partial charge in [-0.1, -0.05) is 30.3 Å². The van der Waals surface area contributed by atoms with E-state index < -0.39 is 0 Å². The average Bonchev–Trinajstić information content (AvgIpc) is 3.00. The van der Waals surface area contributed by atoms with Crippen LogP contribution in [0.4, 0.5) is 0 Å². The van der Waals surface area contributed by atoms with Gasteiger partial charge in [-0.25, -0.2) is 0 Å². The molecule has 0 aromatic heterocycles. The summed E-state index contributed by atoms with van der Waals surface area (Å²) in [6.07, 6.45) is 4.23. The van der Waals surface area contributed by atoms with E-state index in [9.17, 15) is 4.79 Å². The summed E-state index contributed by atoms with van der Waals surface area (Å²) in [4.78, 5) is 14.8. The largest absolute Gasteiger partial charge is 0.336 e. The van der Waals surface area contributed by atoms with Gasteiger partial charge in [0.25, 0.3) is 5.91 Å². The highest BCUT2D eigenvalue weighted by Crippen LogP contribution is 2.24. The van der Waals surface area contributed by atoms with Gasteiger partial charge in [-0.2, -0.15) is 0 Å². The van der Waals surface area contributed by atoms with E-state index >= 15 is 0 Å². The van der Waals surface area contributed by atoms with Crippen LogP contribution in [0, 0.1) is 0 Å². The second-order valence-electron chi connectivity index (χ2n) is 5.79. The number of fused-ring (bicyclic) bond motifs is 1. The first-order valence-electron chi connectivity index (χ1n) is 7.79. The van der Waals surface area contributed by atoms with Crippen molar-refractivity contribution in [1.82, 2.24) is 4.90 Å². The fraction of sp³-hybridized carbons (Fsp3) is 0.389. The fourth-order valence-electron chi connectivity index (χ4n) is 3.24. The van der Waals surface area contributed by atoms with Crippen molar-refractivity contribution in [3.63, 3.8) is 0 Å². The number of carbonyl (C=O) groups is 1. The van der Waals surface area contributed by atoms with Gasteiger partial charge < -0.3 is 10.6 Å². The zero-order valence-corrected chi connectivity index (χ0v) is 12.3. The molecular formula is C18H22N2O. The van der Waals surface area contributed by atoms with E-state index in [1.54, 1.807) is 0 Å². The maximum absolute atomic E-state index is 12.8. The molecule has 1 saturated heterocycles. The van der Waals surface area contributed by atoms with Crippen molar-refractivity contribution in [2.75, 3.05) is 13.1 Å². The maximum atomic E-state index is 12.8. The van der Waals surface area contributed by atoms with E-state index in [2.05, 4.69) is 12.1 Å². The van der Waals surface area contributed by atoms with Gasteiger partial charge in [-0.3, -0.25) is 4.79 Å². The van der Waals surface area contributed by atoms with E-state index in [-0.39, 0.29) is 5.91 Å². The molecule has 3 nitrogen and oxygen atoms in total. The Hall–Kier alpha value is -1.87. The molecule has 2 aromatic carbocycles. The van der Waals surface area contributed by atoms with Gasteiger partial charge in [0.2, 0.25) is 0 Å². The standard InChI is InChI=1S/C18H22N2O/c19-11-3-7-17-8-4-12-20(17)18(21)16-10-9-14-5-1-2-6-15(14)13-16/h1-2,5-6,9-10,13,17H,3-4,7-8,11-12,19H2. The predicted molar refractivity (Wildman–Crippen MR) is 86.3 cm³/mol. The molecule has 3 rings (SSSR count). The highest BCUT2D eigenvalue weighted by Gasteiger charge is 2.28. The summed E-state index contributed by atoms with van der Waals surface area (Å²) in [6, 6.07) is 14.5. The molecule has 1 aliphatic rings. The van der Waals surface area contributed by atoms with Crippen LogP contribution in [0.3, 0.4) is 0 Å². The van der Waals surface area contributed by atoms with Crippen LogP contribution in [-0.4, -0.2) is 29.9 Å². The SMILES string of the molecule is NCCCC1CCCN1C(=O)c1ccc2ccccc2c1. The number of rotatable bonds is 4. The number of hydrogen-bond acceptors (Lipinski definition) is 2. The van der Waals surface area contributed by atoms with Gasteiger partial charge in [-0.05, 0) is 55.1 Å². The average molecular weight is 282 g/mol. The second kappa shape index (κ2) is 6.27. The van der Waals surface area contributed by atoms with Crippen molar-refractivity contribution in [1.29, 1.82) is 0 Å². The van der Waals surface area contributed by atoms with E-state index in [0.717, 1.165) is 43.2 Å². The zero-order valence-electron chi connectivity index (χ0n) is 12.3. The van der Waals surface area contributed by atoms with Crippen LogP contribution in [0.1, 0.15) is 36.0 Å². The van der Waals surface area contributed by atoms with Crippen LogP contribution in [0.5, 0.6) is 0 Å². The number of hydrogen-bond donors (Lipinski definition) is 1. The van der Waals surface area contributed by atoms with Crippen LogP contribution in [-0.2, 0) is 0 Å². The van der Waals surface area contributed by atoms with Crippen molar-refractivity contribution in [3.8, 4) is 0 Å². The molecule has 110 valence electrons. The molecule has 0 bridgehead atoms. The topological polar surface area (TPSA) is 46.3 Å². The third-order valence-corrected chi connectivity index (χ3v) is 4.38. The van der Waals surface area contributed by atoms with Crippen LogP contribution < -0.4 is 5.73 Å². The van der Waals surface area contributed by atoms with Crippen LogP contribution in [0.15, 0.2) is 42.5 Å². The van der Waals surface area contributed by atoms with E-state index in [4.69, 9.17) is 5.73 Å². The van der Waals surface area contributed by atoms with Crippen LogP contribution >= 0.6 is 0 Å². The van der Waals surface area contributed by atoms with E-state index in [0.29, 0.717) is 12.6 Å². The molecule has 1 unspecified atom stereocenters. The molecule has 0 saturated carbocycles. The molecule has 0 spiro atoms. The van der Waals surface area contributed by atoms with Crippen molar-refractivity contribution in [2.24, 2.45) is 5.73 Å². The first-order valence-corrected chi connectivity index (χ1v) is 7.79. The summed E-state index contributed by atoms with van der Waals surface area (Å²) in [5.74, 6) is 0.167. The summed E-state index contributed by atoms with van der Waals surface area (Å²) in [5, 5.41) is 2.30. The minimum absolute atomic E-state index is 0.167. The molecule has 2 aromatic rings.